The van der Waals surface area contributed by atoms with Crippen molar-refractivity contribution in [1.82, 2.24) is 9.78 Å². The zero-order chi connectivity index (χ0) is 11.4. The highest BCUT2D eigenvalue weighted by Gasteiger charge is 2.27. The van der Waals surface area contributed by atoms with Gasteiger partial charge in [-0.05, 0) is 11.6 Å². The fourth-order valence-electron chi connectivity index (χ4n) is 1.69. The van der Waals surface area contributed by atoms with Crippen LogP contribution >= 0.6 is 0 Å². The third kappa shape index (κ3) is 2.13. The van der Waals surface area contributed by atoms with Crippen molar-refractivity contribution in [3.63, 3.8) is 0 Å². The van der Waals surface area contributed by atoms with Gasteiger partial charge in [0, 0.05) is 12.4 Å². The Morgan fingerprint density at radius 2 is 2.00 bits per heavy atom. The molecular formula is C12H15N3O. The van der Waals surface area contributed by atoms with Gasteiger partial charge in [-0.3, -0.25) is 4.68 Å². The van der Waals surface area contributed by atoms with Crippen molar-refractivity contribution in [2.24, 2.45) is 5.73 Å². The van der Waals surface area contributed by atoms with Gasteiger partial charge in [0.2, 0.25) is 0 Å². The molecule has 0 aliphatic rings. The van der Waals surface area contributed by atoms with Crippen molar-refractivity contribution in [3.05, 3.63) is 54.4 Å². The van der Waals surface area contributed by atoms with Gasteiger partial charge >= 0.3 is 0 Å². The summed E-state index contributed by atoms with van der Waals surface area (Å²) in [5.41, 5.74) is 6.32. The maximum atomic E-state index is 9.47. The molecule has 1 heterocycles. The molecular weight excluding hydrogens is 202 g/mol. The Morgan fingerprint density at radius 3 is 2.56 bits per heavy atom. The van der Waals surface area contributed by atoms with Crippen LogP contribution in [0.4, 0.5) is 0 Å². The summed E-state index contributed by atoms with van der Waals surface area (Å²) in [5.74, 6) is 0. The Hall–Kier alpha value is -1.65. The SMILES string of the molecule is NC(CO)(Cn1cccn1)c1ccccc1. The lowest BCUT2D eigenvalue weighted by Gasteiger charge is -2.27. The zero-order valence-electron chi connectivity index (χ0n) is 8.95. The third-order valence-electron chi connectivity index (χ3n) is 2.63. The zero-order valence-corrected chi connectivity index (χ0v) is 8.95. The highest BCUT2D eigenvalue weighted by atomic mass is 16.3. The van der Waals surface area contributed by atoms with E-state index in [9.17, 15) is 5.11 Å². The Bertz CT molecular complexity index is 427. The van der Waals surface area contributed by atoms with Gasteiger partial charge in [-0.15, -0.1) is 0 Å². The lowest BCUT2D eigenvalue weighted by molar-refractivity contribution is 0.174. The summed E-state index contributed by atoms with van der Waals surface area (Å²) < 4.78 is 1.73. The number of hydrogen-bond donors (Lipinski definition) is 2. The fourth-order valence-corrected chi connectivity index (χ4v) is 1.69. The summed E-state index contributed by atoms with van der Waals surface area (Å²) >= 11 is 0. The molecule has 0 aliphatic carbocycles. The van der Waals surface area contributed by atoms with Crippen LogP contribution in [0.25, 0.3) is 0 Å². The number of benzene rings is 1. The average molecular weight is 217 g/mol. The number of hydrogen-bond acceptors (Lipinski definition) is 3. The second-order valence-corrected chi connectivity index (χ2v) is 3.88. The van der Waals surface area contributed by atoms with E-state index in [1.165, 1.54) is 0 Å². The molecule has 0 spiro atoms. The van der Waals surface area contributed by atoms with E-state index in [0.29, 0.717) is 6.54 Å². The van der Waals surface area contributed by atoms with Crippen LogP contribution in [-0.4, -0.2) is 21.5 Å². The first-order valence-corrected chi connectivity index (χ1v) is 5.17. The maximum absolute atomic E-state index is 9.47. The minimum Gasteiger partial charge on any atom is -0.394 e. The Balaban J connectivity index is 2.26. The van der Waals surface area contributed by atoms with Crippen LogP contribution < -0.4 is 5.73 Å². The first-order chi connectivity index (χ1) is 7.74. The molecule has 1 aromatic carbocycles. The summed E-state index contributed by atoms with van der Waals surface area (Å²) in [6.07, 6.45) is 3.53. The molecule has 0 bridgehead atoms. The van der Waals surface area contributed by atoms with Gasteiger partial charge in [-0.2, -0.15) is 5.10 Å². The number of aliphatic hydroxyl groups excluding tert-OH is 1. The quantitative estimate of drug-likeness (QED) is 0.793. The van der Waals surface area contributed by atoms with Gasteiger partial charge < -0.3 is 10.8 Å². The summed E-state index contributed by atoms with van der Waals surface area (Å²) in [6, 6.07) is 11.4. The van der Waals surface area contributed by atoms with Crippen LogP contribution in [0.15, 0.2) is 48.8 Å². The van der Waals surface area contributed by atoms with E-state index in [-0.39, 0.29) is 6.61 Å². The summed E-state index contributed by atoms with van der Waals surface area (Å²) in [6.45, 7) is 0.345. The number of rotatable bonds is 4. The van der Waals surface area contributed by atoms with Gasteiger partial charge in [0.05, 0.1) is 18.7 Å². The number of aliphatic hydroxyl groups is 1. The molecule has 3 N–H and O–H groups in total. The van der Waals surface area contributed by atoms with E-state index < -0.39 is 5.54 Å². The van der Waals surface area contributed by atoms with Gasteiger partial charge in [-0.25, -0.2) is 0 Å². The molecule has 84 valence electrons. The molecule has 2 rings (SSSR count). The van der Waals surface area contributed by atoms with Gasteiger partial charge in [0.25, 0.3) is 0 Å². The van der Waals surface area contributed by atoms with E-state index in [0.717, 1.165) is 5.56 Å². The van der Waals surface area contributed by atoms with E-state index in [1.807, 2.05) is 42.6 Å². The highest BCUT2D eigenvalue weighted by molar-refractivity contribution is 5.23. The van der Waals surface area contributed by atoms with Crippen molar-refractivity contribution in [3.8, 4) is 0 Å². The van der Waals surface area contributed by atoms with E-state index in [2.05, 4.69) is 5.10 Å². The van der Waals surface area contributed by atoms with Gasteiger partial charge in [0.15, 0.2) is 0 Å². The molecule has 1 atom stereocenters. The molecule has 1 unspecified atom stereocenters. The summed E-state index contributed by atoms with van der Waals surface area (Å²) in [4.78, 5) is 0. The second-order valence-electron chi connectivity index (χ2n) is 3.88. The molecule has 0 saturated heterocycles. The number of nitrogens with zero attached hydrogens (tertiary/aromatic N) is 2. The maximum Gasteiger partial charge on any atom is 0.0842 e. The predicted octanol–water partition coefficient (Wildman–Crippen LogP) is 0.730. The number of nitrogens with two attached hydrogens (primary N) is 1. The molecule has 2 aromatic rings. The fraction of sp³-hybridized carbons (Fsp3) is 0.250. The predicted molar refractivity (Wildman–Crippen MR) is 61.6 cm³/mol. The van der Waals surface area contributed by atoms with Crippen LogP contribution in [0.3, 0.4) is 0 Å². The van der Waals surface area contributed by atoms with E-state index in [4.69, 9.17) is 5.73 Å². The first kappa shape index (κ1) is 10.9. The molecule has 4 heteroatoms. The van der Waals surface area contributed by atoms with Crippen LogP contribution in [0.1, 0.15) is 5.56 Å². The second kappa shape index (κ2) is 4.47. The Kier molecular flexibility index (Phi) is 3.03. The standard InChI is InChI=1S/C12H15N3O/c13-12(10-16,9-15-8-4-7-14-15)11-5-2-1-3-6-11/h1-8,16H,9-10,13H2. The molecule has 0 aliphatic heterocycles. The smallest absolute Gasteiger partial charge is 0.0842 e. The summed E-state index contributed by atoms with van der Waals surface area (Å²) in [5, 5.41) is 13.6. The van der Waals surface area contributed by atoms with Crippen molar-refractivity contribution < 1.29 is 5.11 Å². The third-order valence-corrected chi connectivity index (χ3v) is 2.63. The number of aromatic nitrogens is 2. The Morgan fingerprint density at radius 1 is 1.25 bits per heavy atom. The van der Waals surface area contributed by atoms with Gasteiger partial charge in [-0.1, -0.05) is 30.3 Å². The lowest BCUT2D eigenvalue weighted by atomic mass is 9.92. The normalized spacial score (nSPS) is 14.6. The minimum atomic E-state index is -0.784. The largest absolute Gasteiger partial charge is 0.394 e. The Labute approximate surface area is 94.3 Å². The average Bonchev–Trinajstić information content (AvgIpc) is 2.83. The monoisotopic (exact) mass is 217 g/mol. The van der Waals surface area contributed by atoms with Crippen LogP contribution in [-0.2, 0) is 12.1 Å². The molecule has 0 saturated carbocycles. The molecule has 0 radical (unpaired) electrons. The molecule has 0 amide bonds. The summed E-state index contributed by atoms with van der Waals surface area (Å²) in [7, 11) is 0. The minimum absolute atomic E-state index is 0.114. The van der Waals surface area contributed by atoms with E-state index >= 15 is 0 Å². The lowest BCUT2D eigenvalue weighted by Crippen LogP contribution is -2.44. The van der Waals surface area contributed by atoms with Crippen molar-refractivity contribution in [2.75, 3.05) is 6.61 Å². The first-order valence-electron chi connectivity index (χ1n) is 5.17. The van der Waals surface area contributed by atoms with E-state index in [1.54, 1.807) is 10.9 Å². The molecule has 1 aromatic heterocycles. The topological polar surface area (TPSA) is 64.1 Å². The van der Waals surface area contributed by atoms with Crippen LogP contribution in [0.5, 0.6) is 0 Å². The van der Waals surface area contributed by atoms with Gasteiger partial charge in [0.1, 0.15) is 0 Å². The van der Waals surface area contributed by atoms with Crippen LogP contribution in [0.2, 0.25) is 0 Å². The van der Waals surface area contributed by atoms with Crippen LogP contribution in [0, 0.1) is 0 Å². The molecule has 0 fully saturated rings. The molecule has 4 nitrogen and oxygen atoms in total. The molecule has 16 heavy (non-hydrogen) atoms. The van der Waals surface area contributed by atoms with Crippen molar-refractivity contribution in [2.45, 2.75) is 12.1 Å². The van der Waals surface area contributed by atoms with Crippen molar-refractivity contribution >= 4 is 0 Å². The van der Waals surface area contributed by atoms with Crippen molar-refractivity contribution in [1.29, 1.82) is 0 Å². The highest BCUT2D eigenvalue weighted by Crippen LogP contribution is 2.19.